The molecule has 0 heterocycles. The van der Waals surface area contributed by atoms with Crippen molar-refractivity contribution < 1.29 is 14.6 Å². The van der Waals surface area contributed by atoms with Crippen LogP contribution < -0.4 is 5.73 Å². The largest absolute Gasteiger partial charge is 0.465 e. The maximum Gasteiger partial charge on any atom is 0.323 e. The molecule has 1 aliphatic rings. The molecule has 0 spiro atoms. The molecular formula is C10H19NO3S. The molecule has 4 nitrogen and oxygen atoms in total. The topological polar surface area (TPSA) is 72.5 Å². The summed E-state index contributed by atoms with van der Waals surface area (Å²) in [4.78, 5) is 11.2. The van der Waals surface area contributed by atoms with Crippen LogP contribution in [0, 0.1) is 0 Å². The van der Waals surface area contributed by atoms with Gasteiger partial charge in [-0.3, -0.25) is 4.79 Å². The van der Waals surface area contributed by atoms with E-state index in [1.165, 1.54) is 0 Å². The predicted octanol–water partition coefficient (Wildman–Crippen LogP) is 0.523. The molecule has 15 heavy (non-hydrogen) atoms. The van der Waals surface area contributed by atoms with Gasteiger partial charge >= 0.3 is 5.97 Å². The lowest BCUT2D eigenvalue weighted by Gasteiger charge is -2.16. The van der Waals surface area contributed by atoms with Crippen molar-refractivity contribution in [3.05, 3.63) is 0 Å². The first-order valence-corrected chi connectivity index (χ1v) is 6.42. The Kier molecular flexibility index (Phi) is 5.42. The van der Waals surface area contributed by atoms with Gasteiger partial charge in [0, 0.05) is 11.0 Å². The molecule has 0 aliphatic heterocycles. The average Bonchev–Trinajstić information content (AvgIpc) is 2.61. The lowest BCUT2D eigenvalue weighted by molar-refractivity contribution is -0.144. The smallest absolute Gasteiger partial charge is 0.323 e. The zero-order chi connectivity index (χ0) is 11.3. The van der Waals surface area contributed by atoms with Gasteiger partial charge in [0.2, 0.25) is 0 Å². The van der Waals surface area contributed by atoms with Crippen LogP contribution >= 0.6 is 11.8 Å². The lowest BCUT2D eigenvalue weighted by Crippen LogP contribution is -2.35. The Morgan fingerprint density at radius 2 is 2.40 bits per heavy atom. The molecule has 3 N–H and O–H groups in total. The Bertz CT molecular complexity index is 213. The highest BCUT2D eigenvalue weighted by atomic mass is 32.2. The minimum atomic E-state index is -0.567. The monoisotopic (exact) mass is 233 g/mol. The predicted molar refractivity (Wildman–Crippen MR) is 60.7 cm³/mol. The minimum Gasteiger partial charge on any atom is -0.465 e. The third kappa shape index (κ3) is 4.01. The van der Waals surface area contributed by atoms with Crippen molar-refractivity contribution in [3.63, 3.8) is 0 Å². The van der Waals surface area contributed by atoms with E-state index >= 15 is 0 Å². The van der Waals surface area contributed by atoms with Gasteiger partial charge in [0.1, 0.15) is 6.04 Å². The van der Waals surface area contributed by atoms with Gasteiger partial charge in [-0.15, -0.1) is 0 Å². The van der Waals surface area contributed by atoms with E-state index in [9.17, 15) is 9.90 Å². The van der Waals surface area contributed by atoms with E-state index in [0.717, 1.165) is 19.3 Å². The van der Waals surface area contributed by atoms with Crippen molar-refractivity contribution in [2.75, 3.05) is 12.4 Å². The van der Waals surface area contributed by atoms with E-state index in [-0.39, 0.29) is 17.3 Å². The summed E-state index contributed by atoms with van der Waals surface area (Å²) >= 11 is 1.58. The minimum absolute atomic E-state index is 0.232. The van der Waals surface area contributed by atoms with Crippen molar-refractivity contribution in [3.8, 4) is 0 Å². The average molecular weight is 233 g/mol. The number of esters is 1. The molecule has 0 saturated heterocycles. The molecule has 5 heteroatoms. The second kappa shape index (κ2) is 6.35. The van der Waals surface area contributed by atoms with Crippen molar-refractivity contribution in [1.82, 2.24) is 0 Å². The van der Waals surface area contributed by atoms with Gasteiger partial charge in [0.05, 0.1) is 12.7 Å². The van der Waals surface area contributed by atoms with Crippen molar-refractivity contribution in [1.29, 1.82) is 0 Å². The van der Waals surface area contributed by atoms with Crippen LogP contribution in [0.15, 0.2) is 0 Å². The van der Waals surface area contributed by atoms with Gasteiger partial charge in [-0.25, -0.2) is 0 Å². The number of hydrogen-bond acceptors (Lipinski definition) is 5. The van der Waals surface area contributed by atoms with Crippen LogP contribution in [0.4, 0.5) is 0 Å². The van der Waals surface area contributed by atoms with Gasteiger partial charge in [0.25, 0.3) is 0 Å². The second-order valence-electron chi connectivity index (χ2n) is 3.73. The zero-order valence-corrected chi connectivity index (χ0v) is 9.83. The zero-order valence-electron chi connectivity index (χ0n) is 9.02. The van der Waals surface area contributed by atoms with E-state index in [1.54, 1.807) is 18.7 Å². The van der Waals surface area contributed by atoms with Gasteiger partial charge in [-0.1, -0.05) is 0 Å². The van der Waals surface area contributed by atoms with Gasteiger partial charge < -0.3 is 15.6 Å². The first kappa shape index (κ1) is 12.8. The maximum absolute atomic E-state index is 11.2. The normalized spacial score (nSPS) is 27.7. The highest BCUT2D eigenvalue weighted by Crippen LogP contribution is 2.30. The fourth-order valence-electron chi connectivity index (χ4n) is 1.65. The molecule has 3 atom stereocenters. The Labute approximate surface area is 94.6 Å². The molecule has 0 amide bonds. The highest BCUT2D eigenvalue weighted by molar-refractivity contribution is 8.00. The standard InChI is InChI=1S/C10H19NO3S/c1-2-14-10(13)7(11)6-15-9-5-3-4-8(9)12/h7-9,12H,2-6,11H2,1H3. The fourth-order valence-corrected chi connectivity index (χ4v) is 2.93. The summed E-state index contributed by atoms with van der Waals surface area (Å²) in [5.41, 5.74) is 5.65. The van der Waals surface area contributed by atoms with Crippen LogP contribution in [0.1, 0.15) is 26.2 Å². The van der Waals surface area contributed by atoms with Crippen LogP contribution in [0.5, 0.6) is 0 Å². The molecule has 0 aromatic carbocycles. The third-order valence-corrected chi connectivity index (χ3v) is 4.03. The summed E-state index contributed by atoms with van der Waals surface area (Å²) in [7, 11) is 0. The number of ether oxygens (including phenoxy) is 1. The van der Waals surface area contributed by atoms with Crippen LogP contribution in [0.25, 0.3) is 0 Å². The number of thioether (sulfide) groups is 1. The maximum atomic E-state index is 11.2. The number of nitrogens with two attached hydrogens (primary N) is 1. The van der Waals surface area contributed by atoms with Crippen LogP contribution in [-0.4, -0.2) is 40.8 Å². The number of rotatable bonds is 5. The summed E-state index contributed by atoms with van der Waals surface area (Å²) in [5, 5.41) is 9.81. The Morgan fingerprint density at radius 1 is 1.67 bits per heavy atom. The molecule has 1 rings (SSSR count). The van der Waals surface area contributed by atoms with Crippen LogP contribution in [0.3, 0.4) is 0 Å². The van der Waals surface area contributed by atoms with E-state index in [0.29, 0.717) is 12.4 Å². The molecule has 0 radical (unpaired) electrons. The molecule has 1 fully saturated rings. The van der Waals surface area contributed by atoms with E-state index in [1.807, 2.05) is 0 Å². The Morgan fingerprint density at radius 3 is 2.93 bits per heavy atom. The first-order valence-electron chi connectivity index (χ1n) is 5.37. The van der Waals surface area contributed by atoms with Gasteiger partial charge in [0.15, 0.2) is 0 Å². The molecule has 0 aromatic rings. The number of aliphatic hydroxyl groups is 1. The summed E-state index contributed by atoms with van der Waals surface area (Å²) < 4.78 is 4.81. The summed E-state index contributed by atoms with van der Waals surface area (Å²) in [5.74, 6) is 0.179. The summed E-state index contributed by atoms with van der Waals surface area (Å²) in [6, 6.07) is -0.567. The molecule has 0 aromatic heterocycles. The van der Waals surface area contributed by atoms with Crippen molar-refractivity contribution in [2.45, 2.75) is 43.6 Å². The SMILES string of the molecule is CCOC(=O)C(N)CSC1CCCC1O. The van der Waals surface area contributed by atoms with E-state index in [2.05, 4.69) is 0 Å². The molecule has 0 bridgehead atoms. The van der Waals surface area contributed by atoms with Gasteiger partial charge in [-0.2, -0.15) is 11.8 Å². The number of carbonyl (C=O) groups excluding carboxylic acids is 1. The molecular weight excluding hydrogens is 214 g/mol. The van der Waals surface area contributed by atoms with Crippen LogP contribution in [-0.2, 0) is 9.53 Å². The third-order valence-electron chi connectivity index (χ3n) is 2.50. The fraction of sp³-hybridized carbons (Fsp3) is 0.900. The molecule has 1 saturated carbocycles. The quantitative estimate of drug-likeness (QED) is 0.677. The van der Waals surface area contributed by atoms with Crippen LogP contribution in [0.2, 0.25) is 0 Å². The molecule has 1 aliphatic carbocycles. The Balaban J connectivity index is 2.21. The first-order chi connectivity index (χ1) is 7.15. The highest BCUT2D eigenvalue weighted by Gasteiger charge is 2.27. The lowest BCUT2D eigenvalue weighted by atomic mass is 10.3. The van der Waals surface area contributed by atoms with Crippen molar-refractivity contribution >= 4 is 17.7 Å². The van der Waals surface area contributed by atoms with Gasteiger partial charge in [-0.05, 0) is 26.2 Å². The molecule has 88 valence electrons. The van der Waals surface area contributed by atoms with Crippen molar-refractivity contribution in [2.24, 2.45) is 5.73 Å². The second-order valence-corrected chi connectivity index (χ2v) is 5.00. The summed E-state index contributed by atoms with van der Waals surface area (Å²) in [6.45, 7) is 2.13. The number of hydrogen-bond donors (Lipinski definition) is 2. The summed E-state index contributed by atoms with van der Waals surface area (Å²) in [6.07, 6.45) is 2.71. The Hall–Kier alpha value is -0.260. The number of carbonyl (C=O) groups is 1. The number of aliphatic hydroxyl groups excluding tert-OH is 1. The molecule has 3 unspecified atom stereocenters. The van der Waals surface area contributed by atoms with E-state index in [4.69, 9.17) is 10.5 Å². The van der Waals surface area contributed by atoms with E-state index < -0.39 is 6.04 Å².